The van der Waals surface area contributed by atoms with E-state index < -0.39 is 6.67 Å². The van der Waals surface area contributed by atoms with E-state index in [0.717, 1.165) is 12.0 Å². The lowest BCUT2D eigenvalue weighted by Crippen LogP contribution is -2.37. The van der Waals surface area contributed by atoms with Crippen LogP contribution in [0.2, 0.25) is 0 Å². The molecule has 1 rings (SSSR count). The van der Waals surface area contributed by atoms with Gasteiger partial charge in [-0.25, -0.2) is 4.39 Å². The van der Waals surface area contributed by atoms with E-state index in [2.05, 4.69) is 19.2 Å². The maximum atomic E-state index is 12.8. The lowest BCUT2D eigenvalue weighted by Gasteiger charge is -2.16. The van der Waals surface area contributed by atoms with Crippen LogP contribution < -0.4 is 5.32 Å². The molecule has 0 aliphatic rings. The number of hydrogen-bond acceptors (Lipinski definition) is 1. The second-order valence-corrected chi connectivity index (χ2v) is 5.05. The first-order chi connectivity index (χ1) is 8.61. The zero-order chi connectivity index (χ0) is 13.4. The summed E-state index contributed by atoms with van der Waals surface area (Å²) in [6.45, 7) is 3.70. The first-order valence-corrected chi connectivity index (χ1v) is 6.51. The molecule has 1 aromatic rings. The number of alkyl halides is 1. The van der Waals surface area contributed by atoms with Crippen molar-refractivity contribution in [2.75, 3.05) is 6.67 Å². The number of nitrogens with one attached hydrogen (secondary N) is 1. The van der Waals surface area contributed by atoms with Gasteiger partial charge in [-0.15, -0.1) is 0 Å². The van der Waals surface area contributed by atoms with E-state index in [0.29, 0.717) is 18.8 Å². The Balaban J connectivity index is 2.37. The summed E-state index contributed by atoms with van der Waals surface area (Å²) in [6.07, 6.45) is 1.95. The molecule has 0 saturated carbocycles. The Labute approximate surface area is 109 Å². The minimum Gasteiger partial charge on any atom is -0.350 e. The lowest BCUT2D eigenvalue weighted by molar-refractivity contribution is -0.121. The van der Waals surface area contributed by atoms with Crippen LogP contribution in [0.5, 0.6) is 0 Å². The Kier molecular flexibility index (Phi) is 6.40. The van der Waals surface area contributed by atoms with E-state index in [-0.39, 0.29) is 11.9 Å². The fraction of sp³-hybridized carbons (Fsp3) is 0.533. The normalized spacial score (nSPS) is 12.4. The van der Waals surface area contributed by atoms with Gasteiger partial charge in [-0.2, -0.15) is 0 Å². The quantitative estimate of drug-likeness (QED) is 0.792. The Bertz CT molecular complexity index is 351. The summed E-state index contributed by atoms with van der Waals surface area (Å²) >= 11 is 0. The number of hydrogen-bond donors (Lipinski definition) is 1. The summed E-state index contributed by atoms with van der Waals surface area (Å²) in [4.78, 5) is 11.7. The second kappa shape index (κ2) is 7.85. The summed E-state index contributed by atoms with van der Waals surface area (Å²) in [7, 11) is 0. The predicted molar refractivity (Wildman–Crippen MR) is 72.1 cm³/mol. The Morgan fingerprint density at radius 1 is 1.22 bits per heavy atom. The molecule has 0 heterocycles. The molecule has 0 fully saturated rings. The highest BCUT2D eigenvalue weighted by atomic mass is 19.1. The van der Waals surface area contributed by atoms with E-state index in [1.807, 2.05) is 30.3 Å². The van der Waals surface area contributed by atoms with Crippen molar-refractivity contribution < 1.29 is 9.18 Å². The third-order valence-corrected chi connectivity index (χ3v) is 2.85. The van der Waals surface area contributed by atoms with Gasteiger partial charge in [0.05, 0.1) is 12.5 Å². The fourth-order valence-electron chi connectivity index (χ4n) is 1.78. The highest BCUT2D eigenvalue weighted by molar-refractivity contribution is 5.78. The van der Waals surface area contributed by atoms with Crippen molar-refractivity contribution in [1.82, 2.24) is 5.32 Å². The molecule has 18 heavy (non-hydrogen) atoms. The van der Waals surface area contributed by atoms with E-state index in [1.54, 1.807) is 0 Å². The van der Waals surface area contributed by atoms with Crippen LogP contribution in [0.15, 0.2) is 30.3 Å². The van der Waals surface area contributed by atoms with E-state index in [9.17, 15) is 9.18 Å². The molecule has 0 bridgehead atoms. The van der Waals surface area contributed by atoms with Gasteiger partial charge < -0.3 is 5.32 Å². The number of carbonyl (C=O) groups is 1. The number of amides is 1. The molecule has 0 aliphatic carbocycles. The molecule has 0 radical (unpaired) electrons. The van der Waals surface area contributed by atoms with Crippen molar-refractivity contribution in [3.8, 4) is 0 Å². The van der Waals surface area contributed by atoms with Crippen LogP contribution in [0.3, 0.4) is 0 Å². The highest BCUT2D eigenvalue weighted by Gasteiger charge is 2.12. The molecule has 1 amide bonds. The van der Waals surface area contributed by atoms with Gasteiger partial charge in [-0.05, 0) is 24.3 Å². The predicted octanol–water partition coefficient (Wildman–Crippen LogP) is 3.12. The Hall–Kier alpha value is -1.38. The van der Waals surface area contributed by atoms with Gasteiger partial charge in [0.15, 0.2) is 0 Å². The van der Waals surface area contributed by atoms with Gasteiger partial charge >= 0.3 is 0 Å². The van der Waals surface area contributed by atoms with Crippen molar-refractivity contribution in [2.45, 2.75) is 39.2 Å². The molecule has 0 aliphatic heterocycles. The third kappa shape index (κ3) is 5.80. The zero-order valence-electron chi connectivity index (χ0n) is 11.2. The average molecular weight is 251 g/mol. The minimum absolute atomic E-state index is 0.104. The molecule has 100 valence electrons. The molecule has 2 nitrogen and oxygen atoms in total. The van der Waals surface area contributed by atoms with Crippen molar-refractivity contribution in [3.05, 3.63) is 35.9 Å². The first kappa shape index (κ1) is 14.7. The summed E-state index contributed by atoms with van der Waals surface area (Å²) in [5.74, 6) is 0.428. The number of carbonyl (C=O) groups excluding carboxylic acids is 1. The SMILES string of the molecule is CC(C)CC[C@@H](CF)NC(=O)Cc1ccccc1. The van der Waals surface area contributed by atoms with Gasteiger partial charge in [0.25, 0.3) is 0 Å². The molecule has 1 atom stereocenters. The molecule has 0 spiro atoms. The zero-order valence-corrected chi connectivity index (χ0v) is 11.2. The molecule has 0 aromatic heterocycles. The minimum atomic E-state index is -0.493. The molecule has 3 heteroatoms. The van der Waals surface area contributed by atoms with Crippen molar-refractivity contribution in [2.24, 2.45) is 5.92 Å². The topological polar surface area (TPSA) is 29.1 Å². The maximum absolute atomic E-state index is 12.8. The van der Waals surface area contributed by atoms with Crippen LogP contribution in [0.4, 0.5) is 4.39 Å². The molecule has 1 N–H and O–H groups in total. The molecule has 1 aromatic carbocycles. The van der Waals surface area contributed by atoms with Crippen molar-refractivity contribution in [1.29, 1.82) is 0 Å². The molecular formula is C15H22FNO. The first-order valence-electron chi connectivity index (χ1n) is 6.51. The summed E-state index contributed by atoms with van der Waals surface area (Å²) in [5, 5.41) is 2.76. The number of rotatable bonds is 7. The van der Waals surface area contributed by atoms with Crippen LogP contribution in [0.25, 0.3) is 0 Å². The summed E-state index contributed by atoms with van der Waals surface area (Å²) in [5.41, 5.74) is 0.955. The molecule has 0 saturated heterocycles. The number of benzene rings is 1. The van der Waals surface area contributed by atoms with Gasteiger partial charge in [0.1, 0.15) is 6.67 Å². The van der Waals surface area contributed by atoms with Crippen LogP contribution in [-0.4, -0.2) is 18.6 Å². The maximum Gasteiger partial charge on any atom is 0.224 e. The van der Waals surface area contributed by atoms with Crippen LogP contribution in [0, 0.1) is 5.92 Å². The monoisotopic (exact) mass is 251 g/mol. The largest absolute Gasteiger partial charge is 0.350 e. The van der Waals surface area contributed by atoms with Gasteiger partial charge in [0.2, 0.25) is 5.91 Å². The fourth-order valence-corrected chi connectivity index (χ4v) is 1.78. The van der Waals surface area contributed by atoms with Crippen LogP contribution in [-0.2, 0) is 11.2 Å². The average Bonchev–Trinajstić information content (AvgIpc) is 2.35. The van der Waals surface area contributed by atoms with Gasteiger partial charge in [-0.3, -0.25) is 4.79 Å². The lowest BCUT2D eigenvalue weighted by atomic mass is 10.0. The third-order valence-electron chi connectivity index (χ3n) is 2.85. The van der Waals surface area contributed by atoms with E-state index in [1.165, 1.54) is 0 Å². The Morgan fingerprint density at radius 2 is 1.89 bits per heavy atom. The second-order valence-electron chi connectivity index (χ2n) is 5.05. The summed E-state index contributed by atoms with van der Waals surface area (Å²) in [6, 6.07) is 9.16. The van der Waals surface area contributed by atoms with Crippen molar-refractivity contribution in [3.63, 3.8) is 0 Å². The van der Waals surface area contributed by atoms with Crippen LogP contribution >= 0.6 is 0 Å². The highest BCUT2D eigenvalue weighted by Crippen LogP contribution is 2.08. The molecule has 0 unspecified atom stereocenters. The smallest absolute Gasteiger partial charge is 0.224 e. The van der Waals surface area contributed by atoms with Gasteiger partial charge in [-0.1, -0.05) is 44.2 Å². The Morgan fingerprint density at radius 3 is 2.44 bits per heavy atom. The molecular weight excluding hydrogens is 229 g/mol. The van der Waals surface area contributed by atoms with Gasteiger partial charge in [0, 0.05) is 0 Å². The van der Waals surface area contributed by atoms with E-state index >= 15 is 0 Å². The standard InChI is InChI=1S/C15H22FNO/c1-12(2)8-9-14(11-16)17-15(18)10-13-6-4-3-5-7-13/h3-7,12,14H,8-11H2,1-2H3,(H,17,18)/t14-/m0/s1. The van der Waals surface area contributed by atoms with Crippen molar-refractivity contribution >= 4 is 5.91 Å². The number of halogens is 1. The summed E-state index contributed by atoms with van der Waals surface area (Å²) < 4.78 is 12.8. The van der Waals surface area contributed by atoms with E-state index in [4.69, 9.17) is 0 Å². The van der Waals surface area contributed by atoms with Crippen LogP contribution in [0.1, 0.15) is 32.3 Å².